The number of anilines is 1. The van der Waals surface area contributed by atoms with Gasteiger partial charge in [0.15, 0.2) is 5.11 Å². The fourth-order valence-corrected chi connectivity index (χ4v) is 2.22. The highest BCUT2D eigenvalue weighted by molar-refractivity contribution is 7.80. The van der Waals surface area contributed by atoms with E-state index < -0.39 is 4.92 Å². The summed E-state index contributed by atoms with van der Waals surface area (Å²) in [5, 5.41) is 17.4. The van der Waals surface area contributed by atoms with E-state index in [2.05, 4.69) is 24.5 Å². The fourth-order valence-electron chi connectivity index (χ4n) is 2.02. The number of hydrogen-bond donors (Lipinski definition) is 2. The molecule has 0 fully saturated rings. The Kier molecular flexibility index (Phi) is 7.68. The normalized spacial score (nSPS) is 11.7. The molecule has 1 rings (SSSR count). The summed E-state index contributed by atoms with van der Waals surface area (Å²) in [7, 11) is 0. The van der Waals surface area contributed by atoms with Crippen LogP contribution in [0.3, 0.4) is 0 Å². The molecule has 1 aromatic carbocycles. The predicted molar refractivity (Wildman–Crippen MR) is 90.6 cm³/mol. The van der Waals surface area contributed by atoms with Gasteiger partial charge in [-0.05, 0) is 36.7 Å². The van der Waals surface area contributed by atoms with Crippen molar-refractivity contribution in [2.45, 2.75) is 39.5 Å². The first-order chi connectivity index (χ1) is 10.1. The van der Waals surface area contributed by atoms with Crippen molar-refractivity contribution < 1.29 is 4.92 Å². The largest absolute Gasteiger partial charge is 0.362 e. The van der Waals surface area contributed by atoms with E-state index in [9.17, 15) is 10.1 Å². The number of hydrogen-bond acceptors (Lipinski definition) is 3. The summed E-state index contributed by atoms with van der Waals surface area (Å²) < 4.78 is 0. The molecular weight excluding hydrogens is 286 g/mol. The monoisotopic (exact) mass is 309 g/mol. The molecule has 0 aliphatic carbocycles. The molecular formula is C15H23N3O2S. The van der Waals surface area contributed by atoms with Crippen LogP contribution in [0.25, 0.3) is 0 Å². The second-order valence-corrected chi connectivity index (χ2v) is 5.46. The number of nitrogens with zero attached hydrogens (tertiary/aromatic N) is 1. The van der Waals surface area contributed by atoms with Gasteiger partial charge in [0.05, 0.1) is 4.92 Å². The van der Waals surface area contributed by atoms with Gasteiger partial charge in [-0.1, -0.05) is 33.1 Å². The molecule has 0 aliphatic rings. The minimum Gasteiger partial charge on any atom is -0.362 e. The fraction of sp³-hybridized carbons (Fsp3) is 0.533. The Morgan fingerprint density at radius 2 is 2.00 bits per heavy atom. The van der Waals surface area contributed by atoms with Crippen molar-refractivity contribution in [1.82, 2.24) is 5.32 Å². The van der Waals surface area contributed by atoms with Crippen LogP contribution in [-0.2, 0) is 0 Å². The quantitative estimate of drug-likeness (QED) is 0.430. The highest BCUT2D eigenvalue weighted by Crippen LogP contribution is 2.15. The van der Waals surface area contributed by atoms with E-state index in [1.807, 2.05) is 0 Å². The van der Waals surface area contributed by atoms with Crippen LogP contribution in [0.1, 0.15) is 39.5 Å². The molecule has 0 saturated heterocycles. The van der Waals surface area contributed by atoms with Gasteiger partial charge in [0.1, 0.15) is 0 Å². The highest BCUT2D eigenvalue weighted by atomic mass is 32.1. The van der Waals surface area contributed by atoms with E-state index in [1.54, 1.807) is 12.1 Å². The first-order valence-electron chi connectivity index (χ1n) is 7.36. The summed E-state index contributed by atoms with van der Waals surface area (Å²) in [6.07, 6.45) is 4.79. The lowest BCUT2D eigenvalue weighted by Gasteiger charge is -2.17. The molecule has 0 amide bonds. The van der Waals surface area contributed by atoms with E-state index in [4.69, 9.17) is 12.2 Å². The molecule has 6 heteroatoms. The van der Waals surface area contributed by atoms with Crippen LogP contribution >= 0.6 is 12.2 Å². The van der Waals surface area contributed by atoms with Crippen molar-refractivity contribution >= 4 is 28.7 Å². The van der Waals surface area contributed by atoms with Gasteiger partial charge in [-0.25, -0.2) is 0 Å². The van der Waals surface area contributed by atoms with Crippen molar-refractivity contribution in [3.63, 3.8) is 0 Å². The van der Waals surface area contributed by atoms with Crippen molar-refractivity contribution in [3.05, 3.63) is 34.4 Å². The van der Waals surface area contributed by atoms with Gasteiger partial charge in [0, 0.05) is 24.4 Å². The smallest absolute Gasteiger partial charge is 0.269 e. The molecule has 0 radical (unpaired) electrons. The third-order valence-electron chi connectivity index (χ3n) is 3.43. The van der Waals surface area contributed by atoms with Crippen LogP contribution in [0.4, 0.5) is 11.4 Å². The van der Waals surface area contributed by atoms with Gasteiger partial charge in [0.25, 0.3) is 5.69 Å². The molecule has 2 N–H and O–H groups in total. The number of benzene rings is 1. The summed E-state index contributed by atoms with van der Waals surface area (Å²) in [5.74, 6) is 0.626. The Morgan fingerprint density at radius 3 is 2.52 bits per heavy atom. The molecule has 5 nitrogen and oxygen atoms in total. The van der Waals surface area contributed by atoms with Crippen LogP contribution in [0.5, 0.6) is 0 Å². The number of non-ortho nitro benzene ring substituents is 1. The Balaban J connectivity index is 2.40. The third-order valence-corrected chi connectivity index (χ3v) is 3.68. The van der Waals surface area contributed by atoms with E-state index in [-0.39, 0.29) is 5.69 Å². The van der Waals surface area contributed by atoms with Crippen LogP contribution in [-0.4, -0.2) is 16.6 Å². The number of unbranched alkanes of at least 4 members (excludes halogenated alkanes) is 1. The van der Waals surface area contributed by atoms with E-state index >= 15 is 0 Å². The lowest BCUT2D eigenvalue weighted by Crippen LogP contribution is -2.32. The maximum absolute atomic E-state index is 10.6. The minimum atomic E-state index is -0.417. The zero-order valence-electron chi connectivity index (χ0n) is 12.6. The Labute approximate surface area is 131 Å². The maximum atomic E-state index is 10.6. The maximum Gasteiger partial charge on any atom is 0.269 e. The van der Waals surface area contributed by atoms with E-state index in [0.29, 0.717) is 11.0 Å². The van der Waals surface area contributed by atoms with Gasteiger partial charge < -0.3 is 10.6 Å². The molecule has 0 heterocycles. The first kappa shape index (κ1) is 17.4. The minimum absolute atomic E-state index is 0.0741. The lowest BCUT2D eigenvalue weighted by molar-refractivity contribution is -0.384. The Bertz CT molecular complexity index is 462. The number of rotatable bonds is 8. The average Bonchev–Trinajstić information content (AvgIpc) is 2.48. The number of nitro groups is 1. The van der Waals surface area contributed by atoms with Gasteiger partial charge in [-0.15, -0.1) is 0 Å². The predicted octanol–water partition coefficient (Wildman–Crippen LogP) is 4.10. The molecule has 116 valence electrons. The van der Waals surface area contributed by atoms with Crippen LogP contribution in [0.2, 0.25) is 0 Å². The number of thiocarbonyl (C=S) groups is 1. The van der Waals surface area contributed by atoms with Gasteiger partial charge in [0.2, 0.25) is 0 Å². The van der Waals surface area contributed by atoms with Gasteiger partial charge in [-0.3, -0.25) is 10.1 Å². The Morgan fingerprint density at radius 1 is 1.33 bits per heavy atom. The third kappa shape index (κ3) is 6.53. The summed E-state index contributed by atoms with van der Waals surface area (Å²) in [5.41, 5.74) is 0.824. The average molecular weight is 309 g/mol. The molecule has 0 unspecified atom stereocenters. The standard InChI is InChI=1S/C15H23N3O2S/c1-3-5-6-12(4-2)11-16-15(21)17-13-7-9-14(10-8-13)18(19)20/h7-10,12H,3-6,11H2,1-2H3,(H2,16,17,21)/t12-/m1/s1. The van der Waals surface area contributed by atoms with Crippen LogP contribution in [0.15, 0.2) is 24.3 Å². The first-order valence-corrected chi connectivity index (χ1v) is 7.77. The molecule has 0 saturated carbocycles. The topological polar surface area (TPSA) is 67.2 Å². The van der Waals surface area contributed by atoms with E-state index in [1.165, 1.54) is 31.4 Å². The van der Waals surface area contributed by atoms with E-state index in [0.717, 1.165) is 18.7 Å². The van der Waals surface area contributed by atoms with Crippen molar-refractivity contribution in [2.24, 2.45) is 5.92 Å². The molecule has 1 aromatic rings. The molecule has 0 aliphatic heterocycles. The molecule has 0 spiro atoms. The van der Waals surface area contributed by atoms with Crippen molar-refractivity contribution in [3.8, 4) is 0 Å². The highest BCUT2D eigenvalue weighted by Gasteiger charge is 2.07. The summed E-state index contributed by atoms with van der Waals surface area (Å²) in [6, 6.07) is 6.23. The van der Waals surface area contributed by atoms with Gasteiger partial charge in [-0.2, -0.15) is 0 Å². The molecule has 0 aromatic heterocycles. The number of nitrogens with one attached hydrogen (secondary N) is 2. The van der Waals surface area contributed by atoms with Crippen molar-refractivity contribution in [1.29, 1.82) is 0 Å². The summed E-state index contributed by atoms with van der Waals surface area (Å²) >= 11 is 5.24. The van der Waals surface area contributed by atoms with Crippen LogP contribution < -0.4 is 10.6 Å². The lowest BCUT2D eigenvalue weighted by atomic mass is 9.99. The second-order valence-electron chi connectivity index (χ2n) is 5.06. The van der Waals surface area contributed by atoms with Gasteiger partial charge >= 0.3 is 0 Å². The van der Waals surface area contributed by atoms with Crippen LogP contribution in [0, 0.1) is 16.0 Å². The zero-order chi connectivity index (χ0) is 15.7. The van der Waals surface area contributed by atoms with Crippen molar-refractivity contribution in [2.75, 3.05) is 11.9 Å². The zero-order valence-corrected chi connectivity index (χ0v) is 13.4. The second kappa shape index (κ2) is 9.28. The summed E-state index contributed by atoms with van der Waals surface area (Å²) in [4.78, 5) is 10.2. The Hall–Kier alpha value is -1.69. The summed E-state index contributed by atoms with van der Waals surface area (Å²) in [6.45, 7) is 5.24. The molecule has 21 heavy (non-hydrogen) atoms. The SMILES string of the molecule is CCCC[C@@H](CC)CNC(=S)Nc1ccc([N+](=O)[O-])cc1. The molecule has 1 atom stereocenters. The number of nitro benzene ring substituents is 1. The molecule has 0 bridgehead atoms.